The first-order valence-electron chi connectivity index (χ1n) is 5.87. The van der Waals surface area contributed by atoms with Gasteiger partial charge in [0.25, 0.3) is 0 Å². The molecule has 0 N–H and O–H groups in total. The van der Waals surface area contributed by atoms with Crippen molar-refractivity contribution in [2.24, 2.45) is 0 Å². The van der Waals surface area contributed by atoms with Crippen LogP contribution < -0.4 is 0 Å². The predicted molar refractivity (Wildman–Crippen MR) is 59.7 cm³/mol. The number of aromatic nitrogens is 3. The van der Waals surface area contributed by atoms with E-state index in [1.54, 1.807) is 4.90 Å². The Bertz CT molecular complexity index is 385. The third-order valence-electron chi connectivity index (χ3n) is 2.95. The minimum absolute atomic E-state index is 0.179. The average Bonchev–Trinajstić information content (AvgIpc) is 2.83. The lowest BCUT2D eigenvalue weighted by Gasteiger charge is -2.16. The van der Waals surface area contributed by atoms with Crippen LogP contribution in [0.15, 0.2) is 0 Å². The Kier molecular flexibility index (Phi) is 3.22. The molecule has 2 rings (SSSR count). The lowest BCUT2D eigenvalue weighted by Crippen LogP contribution is -2.27. The fourth-order valence-electron chi connectivity index (χ4n) is 2.03. The molecule has 0 saturated heterocycles. The molecule has 0 saturated carbocycles. The molecule has 0 atom stereocenters. The second kappa shape index (κ2) is 4.63. The van der Waals surface area contributed by atoms with Crippen LogP contribution in [-0.2, 0) is 24.3 Å². The minimum atomic E-state index is 0.179. The van der Waals surface area contributed by atoms with Crippen molar-refractivity contribution in [3.05, 3.63) is 11.6 Å². The quantitative estimate of drug-likeness (QED) is 0.763. The molecule has 0 unspecified atom stereocenters. The third-order valence-corrected chi connectivity index (χ3v) is 2.95. The van der Waals surface area contributed by atoms with Crippen LogP contribution in [0.2, 0.25) is 0 Å². The second-order valence-electron chi connectivity index (χ2n) is 4.29. The highest BCUT2D eigenvalue weighted by molar-refractivity contribution is 5.75. The molecule has 2 heterocycles. The van der Waals surface area contributed by atoms with Gasteiger partial charge in [-0.3, -0.25) is 4.79 Å². The van der Waals surface area contributed by atoms with Gasteiger partial charge in [-0.05, 0) is 12.8 Å². The zero-order valence-corrected chi connectivity index (χ0v) is 9.94. The fraction of sp³-hybridized carbons (Fsp3) is 0.727. The van der Waals surface area contributed by atoms with E-state index in [-0.39, 0.29) is 5.91 Å². The van der Waals surface area contributed by atoms with Crippen molar-refractivity contribution in [2.75, 3.05) is 7.05 Å². The minimum Gasteiger partial charge on any atom is -0.338 e. The van der Waals surface area contributed by atoms with Crippen molar-refractivity contribution >= 4 is 5.91 Å². The van der Waals surface area contributed by atoms with Gasteiger partial charge in [0.2, 0.25) is 5.91 Å². The van der Waals surface area contributed by atoms with E-state index in [0.29, 0.717) is 13.0 Å². The summed E-state index contributed by atoms with van der Waals surface area (Å²) in [6, 6.07) is 0. The van der Waals surface area contributed by atoms with Gasteiger partial charge in [0.1, 0.15) is 5.82 Å². The highest BCUT2D eigenvalue weighted by Crippen LogP contribution is 2.15. The maximum atomic E-state index is 11.6. The lowest BCUT2D eigenvalue weighted by molar-refractivity contribution is -0.130. The number of carbonyl (C=O) groups excluding carboxylic acids is 1. The molecule has 0 radical (unpaired) electrons. The Labute approximate surface area is 95.5 Å². The topological polar surface area (TPSA) is 51.0 Å². The summed E-state index contributed by atoms with van der Waals surface area (Å²) >= 11 is 0. The molecule has 0 aliphatic carbocycles. The van der Waals surface area contributed by atoms with Crippen LogP contribution in [0.3, 0.4) is 0 Å². The summed E-state index contributed by atoms with van der Waals surface area (Å²) in [5.41, 5.74) is 0. The molecule has 1 aliphatic heterocycles. The number of amides is 1. The molecule has 1 aromatic heterocycles. The number of rotatable bonds is 4. The normalized spacial score (nSPS) is 13.9. The van der Waals surface area contributed by atoms with E-state index < -0.39 is 0 Å². The largest absolute Gasteiger partial charge is 0.338 e. The summed E-state index contributed by atoms with van der Waals surface area (Å²) in [7, 11) is 1.83. The number of hydrogen-bond acceptors (Lipinski definition) is 3. The highest BCUT2D eigenvalue weighted by Gasteiger charge is 2.19. The van der Waals surface area contributed by atoms with E-state index >= 15 is 0 Å². The van der Waals surface area contributed by atoms with Gasteiger partial charge in [-0.2, -0.15) is 0 Å². The predicted octanol–water partition coefficient (Wildman–Crippen LogP) is 0.983. The monoisotopic (exact) mass is 222 g/mol. The SMILES string of the molecule is CCCC(=O)N(C)Cc1nnc2n1CCC2. The molecule has 5 nitrogen and oxygen atoms in total. The summed E-state index contributed by atoms with van der Waals surface area (Å²) in [6.45, 7) is 3.58. The summed E-state index contributed by atoms with van der Waals surface area (Å²) < 4.78 is 2.13. The van der Waals surface area contributed by atoms with Gasteiger partial charge in [0.05, 0.1) is 6.54 Å². The van der Waals surface area contributed by atoms with Crippen LogP contribution in [0.25, 0.3) is 0 Å². The molecule has 1 aliphatic rings. The molecule has 88 valence electrons. The average molecular weight is 222 g/mol. The number of aryl methyl sites for hydroxylation is 1. The number of nitrogens with zero attached hydrogens (tertiary/aromatic N) is 4. The van der Waals surface area contributed by atoms with Crippen molar-refractivity contribution in [3.63, 3.8) is 0 Å². The van der Waals surface area contributed by atoms with Gasteiger partial charge in [0.15, 0.2) is 5.82 Å². The molecule has 0 spiro atoms. The standard InChI is InChI=1S/C11H18N4O/c1-3-5-11(16)14(2)8-10-13-12-9-6-4-7-15(9)10/h3-8H2,1-2H3. The molecule has 0 bridgehead atoms. The van der Waals surface area contributed by atoms with E-state index in [0.717, 1.165) is 37.5 Å². The number of fused-ring (bicyclic) bond motifs is 1. The van der Waals surface area contributed by atoms with Gasteiger partial charge in [-0.15, -0.1) is 10.2 Å². The van der Waals surface area contributed by atoms with Crippen molar-refractivity contribution in [2.45, 2.75) is 45.7 Å². The van der Waals surface area contributed by atoms with E-state index in [9.17, 15) is 4.79 Å². The van der Waals surface area contributed by atoms with Crippen LogP contribution in [0.1, 0.15) is 37.8 Å². The molecular formula is C11H18N4O. The first kappa shape index (κ1) is 11.1. The zero-order chi connectivity index (χ0) is 11.5. The number of hydrogen-bond donors (Lipinski definition) is 0. The Morgan fingerprint density at radius 2 is 2.31 bits per heavy atom. The Morgan fingerprint density at radius 3 is 3.06 bits per heavy atom. The smallest absolute Gasteiger partial charge is 0.222 e. The van der Waals surface area contributed by atoms with Crippen LogP contribution in [0.4, 0.5) is 0 Å². The third kappa shape index (κ3) is 2.08. The second-order valence-corrected chi connectivity index (χ2v) is 4.29. The van der Waals surface area contributed by atoms with E-state index in [1.807, 2.05) is 14.0 Å². The molecule has 0 aromatic carbocycles. The molecule has 1 amide bonds. The van der Waals surface area contributed by atoms with Crippen LogP contribution in [0.5, 0.6) is 0 Å². The van der Waals surface area contributed by atoms with Gasteiger partial charge in [0, 0.05) is 26.4 Å². The molecular weight excluding hydrogens is 204 g/mol. The number of carbonyl (C=O) groups is 1. The molecule has 16 heavy (non-hydrogen) atoms. The summed E-state index contributed by atoms with van der Waals surface area (Å²) in [6.07, 6.45) is 3.66. The molecule has 0 fully saturated rings. The van der Waals surface area contributed by atoms with Crippen LogP contribution in [0, 0.1) is 0 Å². The zero-order valence-electron chi connectivity index (χ0n) is 9.94. The van der Waals surface area contributed by atoms with Gasteiger partial charge in [-0.1, -0.05) is 6.92 Å². The van der Waals surface area contributed by atoms with Crippen molar-refractivity contribution in [1.82, 2.24) is 19.7 Å². The van der Waals surface area contributed by atoms with E-state index in [4.69, 9.17) is 0 Å². The molecule has 5 heteroatoms. The summed E-state index contributed by atoms with van der Waals surface area (Å²) in [5.74, 6) is 2.16. The van der Waals surface area contributed by atoms with E-state index in [2.05, 4.69) is 14.8 Å². The Hall–Kier alpha value is -1.39. The Balaban J connectivity index is 2.01. The first-order valence-corrected chi connectivity index (χ1v) is 5.87. The summed E-state index contributed by atoms with van der Waals surface area (Å²) in [4.78, 5) is 13.4. The van der Waals surface area contributed by atoms with Crippen LogP contribution in [-0.4, -0.2) is 32.6 Å². The van der Waals surface area contributed by atoms with Crippen molar-refractivity contribution < 1.29 is 4.79 Å². The molecule has 1 aromatic rings. The van der Waals surface area contributed by atoms with Crippen molar-refractivity contribution in [3.8, 4) is 0 Å². The van der Waals surface area contributed by atoms with Gasteiger partial charge < -0.3 is 9.47 Å². The Morgan fingerprint density at radius 1 is 1.50 bits per heavy atom. The highest BCUT2D eigenvalue weighted by atomic mass is 16.2. The first-order chi connectivity index (χ1) is 7.72. The lowest BCUT2D eigenvalue weighted by atomic mass is 10.3. The van der Waals surface area contributed by atoms with Gasteiger partial charge in [-0.25, -0.2) is 0 Å². The maximum absolute atomic E-state index is 11.6. The van der Waals surface area contributed by atoms with Crippen LogP contribution >= 0.6 is 0 Å². The maximum Gasteiger partial charge on any atom is 0.222 e. The summed E-state index contributed by atoms with van der Waals surface area (Å²) in [5, 5.41) is 8.27. The van der Waals surface area contributed by atoms with Crippen molar-refractivity contribution in [1.29, 1.82) is 0 Å². The van der Waals surface area contributed by atoms with Gasteiger partial charge >= 0.3 is 0 Å². The fourth-order valence-corrected chi connectivity index (χ4v) is 2.03. The van der Waals surface area contributed by atoms with E-state index in [1.165, 1.54) is 0 Å².